The molecule has 1 aliphatic rings. The number of nitro benzene ring substituents is 1. The fourth-order valence-electron chi connectivity index (χ4n) is 4.36. The Kier molecular flexibility index (Phi) is 5.00. The van der Waals surface area contributed by atoms with Crippen LogP contribution in [0.5, 0.6) is 0 Å². The molecule has 0 N–H and O–H groups in total. The van der Waals surface area contributed by atoms with Gasteiger partial charge < -0.3 is 4.57 Å². The van der Waals surface area contributed by atoms with E-state index < -0.39 is 34.8 Å². The average molecular weight is 431 g/mol. The number of benzene rings is 2. The summed E-state index contributed by atoms with van der Waals surface area (Å²) in [5.74, 6) is -1.94. The van der Waals surface area contributed by atoms with Gasteiger partial charge in [0.1, 0.15) is 5.56 Å². The molecule has 0 radical (unpaired) electrons. The maximum Gasteiger partial charge on any atom is 0.282 e. The molecule has 0 saturated heterocycles. The molecule has 2 amide bonds. The van der Waals surface area contributed by atoms with E-state index >= 15 is 0 Å². The van der Waals surface area contributed by atoms with Crippen LogP contribution in [0.1, 0.15) is 53.6 Å². The van der Waals surface area contributed by atoms with Crippen molar-refractivity contribution < 1.29 is 19.3 Å². The number of imide groups is 1. The summed E-state index contributed by atoms with van der Waals surface area (Å²) in [6.45, 7) is 7.20. The summed E-state index contributed by atoms with van der Waals surface area (Å²) in [5, 5.41) is 11.3. The normalized spacial score (nSPS) is 12.9. The lowest BCUT2D eigenvalue weighted by Gasteiger charge is -2.14. The van der Waals surface area contributed by atoms with Crippen LogP contribution >= 0.6 is 0 Å². The molecule has 0 bridgehead atoms. The van der Waals surface area contributed by atoms with Gasteiger partial charge in [-0.2, -0.15) is 0 Å². The minimum Gasteiger partial charge on any atom is -0.318 e. The van der Waals surface area contributed by atoms with Crippen LogP contribution in [0.2, 0.25) is 0 Å². The number of ketones is 1. The molecule has 8 nitrogen and oxygen atoms in total. The number of fused-ring (bicyclic) bond motifs is 1. The van der Waals surface area contributed by atoms with E-state index in [1.165, 1.54) is 18.2 Å². The van der Waals surface area contributed by atoms with Gasteiger partial charge in [0.2, 0.25) is 0 Å². The van der Waals surface area contributed by atoms with E-state index in [9.17, 15) is 24.5 Å². The van der Waals surface area contributed by atoms with Gasteiger partial charge in [0, 0.05) is 28.7 Å². The van der Waals surface area contributed by atoms with Crippen molar-refractivity contribution in [2.75, 3.05) is 6.54 Å². The second-order valence-corrected chi connectivity index (χ2v) is 8.04. The van der Waals surface area contributed by atoms with E-state index in [1.54, 1.807) is 6.07 Å². The quantitative estimate of drug-likeness (QED) is 0.262. The number of nitrogens with zero attached hydrogens (tertiary/aromatic N) is 3. The first-order chi connectivity index (χ1) is 15.1. The molecule has 3 aromatic rings. The average Bonchev–Trinajstić information content (AvgIpc) is 3.15. The molecule has 0 fully saturated rings. The van der Waals surface area contributed by atoms with Crippen LogP contribution < -0.4 is 0 Å². The zero-order chi connectivity index (χ0) is 23.3. The number of rotatable bonds is 5. The van der Waals surface area contributed by atoms with Crippen molar-refractivity contribution >= 4 is 23.3 Å². The summed E-state index contributed by atoms with van der Waals surface area (Å²) in [4.78, 5) is 50.0. The Labute approximate surface area is 184 Å². The number of aromatic nitrogens is 1. The summed E-state index contributed by atoms with van der Waals surface area (Å²) >= 11 is 0. The fraction of sp³-hybridized carbons (Fsp3) is 0.208. The highest BCUT2D eigenvalue weighted by molar-refractivity contribution is 6.24. The van der Waals surface area contributed by atoms with Gasteiger partial charge in [0.15, 0.2) is 5.78 Å². The van der Waals surface area contributed by atoms with Gasteiger partial charge in [0.05, 0.1) is 17.0 Å². The van der Waals surface area contributed by atoms with Crippen LogP contribution in [0.25, 0.3) is 5.69 Å². The van der Waals surface area contributed by atoms with E-state index in [-0.39, 0.29) is 11.1 Å². The lowest BCUT2D eigenvalue weighted by atomic mass is 10.1. The highest BCUT2D eigenvalue weighted by Gasteiger charge is 2.42. The van der Waals surface area contributed by atoms with Gasteiger partial charge >= 0.3 is 0 Å². The molecule has 162 valence electrons. The number of hydrogen-bond acceptors (Lipinski definition) is 5. The van der Waals surface area contributed by atoms with Crippen molar-refractivity contribution in [1.82, 2.24) is 9.47 Å². The van der Waals surface area contributed by atoms with Gasteiger partial charge in [-0.15, -0.1) is 0 Å². The topological polar surface area (TPSA) is 103 Å². The highest BCUT2D eigenvalue weighted by atomic mass is 16.6. The molecule has 32 heavy (non-hydrogen) atoms. The smallest absolute Gasteiger partial charge is 0.282 e. The van der Waals surface area contributed by atoms with Crippen molar-refractivity contribution in [3.05, 3.63) is 91.8 Å². The Bertz CT molecular complexity index is 1320. The number of hydrogen-bond donors (Lipinski definition) is 0. The molecule has 1 aliphatic heterocycles. The molecule has 8 heteroatoms. The van der Waals surface area contributed by atoms with E-state index in [1.807, 2.05) is 44.4 Å². The molecule has 2 heterocycles. The molecule has 0 atom stereocenters. The molecule has 4 rings (SSSR count). The monoisotopic (exact) mass is 431 g/mol. The highest BCUT2D eigenvalue weighted by Crippen LogP contribution is 2.31. The zero-order valence-corrected chi connectivity index (χ0v) is 18.1. The second-order valence-electron chi connectivity index (χ2n) is 8.04. The summed E-state index contributed by atoms with van der Waals surface area (Å²) < 4.78 is 1.96. The number of carbonyl (C=O) groups excluding carboxylic acids is 3. The third-order valence-corrected chi connectivity index (χ3v) is 5.67. The molecular weight excluding hydrogens is 410 g/mol. The Morgan fingerprint density at radius 3 is 2.25 bits per heavy atom. The van der Waals surface area contributed by atoms with E-state index in [0.29, 0.717) is 11.3 Å². The van der Waals surface area contributed by atoms with Gasteiger partial charge in [-0.25, -0.2) is 0 Å². The van der Waals surface area contributed by atoms with Crippen LogP contribution in [-0.4, -0.2) is 38.5 Å². The molecule has 0 saturated carbocycles. The largest absolute Gasteiger partial charge is 0.318 e. The third kappa shape index (κ3) is 3.30. The van der Waals surface area contributed by atoms with Gasteiger partial charge in [0.25, 0.3) is 17.5 Å². The van der Waals surface area contributed by atoms with Gasteiger partial charge in [-0.3, -0.25) is 29.4 Å². The maximum atomic E-state index is 13.1. The predicted octanol–water partition coefficient (Wildman–Crippen LogP) is 4.10. The SMILES string of the molecule is Cc1cc(C)cc(-n2c(C)cc(C(=O)CN3C(=O)c4cccc([N+](=O)[O-])c4C3=O)c2C)c1. The van der Waals surface area contributed by atoms with Crippen molar-refractivity contribution in [3.8, 4) is 5.69 Å². The summed E-state index contributed by atoms with van der Waals surface area (Å²) in [5.41, 5.74) is 4.27. The molecule has 0 spiro atoms. The minimum absolute atomic E-state index is 0.0577. The fourth-order valence-corrected chi connectivity index (χ4v) is 4.36. The van der Waals surface area contributed by atoms with Crippen LogP contribution in [-0.2, 0) is 0 Å². The van der Waals surface area contributed by atoms with Crippen molar-refractivity contribution in [3.63, 3.8) is 0 Å². The molecular formula is C24H21N3O5. The maximum absolute atomic E-state index is 13.1. The minimum atomic E-state index is -0.825. The lowest BCUT2D eigenvalue weighted by Crippen LogP contribution is -2.35. The van der Waals surface area contributed by atoms with Crippen molar-refractivity contribution in [2.24, 2.45) is 0 Å². The Hall–Kier alpha value is -4.07. The first-order valence-electron chi connectivity index (χ1n) is 10.0. The second kappa shape index (κ2) is 7.56. The molecule has 0 unspecified atom stereocenters. The van der Waals surface area contributed by atoms with Crippen molar-refractivity contribution in [1.29, 1.82) is 0 Å². The van der Waals surface area contributed by atoms with Crippen LogP contribution in [0.15, 0.2) is 42.5 Å². The number of amides is 2. The summed E-state index contributed by atoms with van der Waals surface area (Å²) in [6.07, 6.45) is 0. The Morgan fingerprint density at radius 2 is 1.62 bits per heavy atom. The lowest BCUT2D eigenvalue weighted by molar-refractivity contribution is -0.385. The number of Topliss-reactive ketones (excluding diaryl/α,β-unsaturated/α-hetero) is 1. The summed E-state index contributed by atoms with van der Waals surface area (Å²) in [6, 6.07) is 11.7. The third-order valence-electron chi connectivity index (χ3n) is 5.67. The summed E-state index contributed by atoms with van der Waals surface area (Å²) in [7, 11) is 0. The molecule has 2 aromatic carbocycles. The number of aryl methyl sites for hydroxylation is 3. The molecule has 1 aromatic heterocycles. The van der Waals surface area contributed by atoms with Gasteiger partial charge in [-0.1, -0.05) is 12.1 Å². The standard InChI is InChI=1S/C24H21N3O5/c1-13-8-14(2)10-17(9-13)26-15(3)11-19(16(26)4)21(28)12-25-23(29)18-6-5-7-20(27(31)32)22(18)24(25)30/h5-11H,12H2,1-4H3. The number of carbonyl (C=O) groups is 3. The zero-order valence-electron chi connectivity index (χ0n) is 18.1. The van der Waals surface area contributed by atoms with Crippen LogP contribution in [0, 0.1) is 37.8 Å². The number of nitro groups is 1. The molecule has 0 aliphatic carbocycles. The Morgan fingerprint density at radius 1 is 0.969 bits per heavy atom. The van der Waals surface area contributed by atoms with Crippen LogP contribution in [0.3, 0.4) is 0 Å². The first kappa shape index (κ1) is 21.2. The van der Waals surface area contributed by atoms with Gasteiger partial charge in [-0.05, 0) is 63.1 Å². The van der Waals surface area contributed by atoms with E-state index in [4.69, 9.17) is 0 Å². The predicted molar refractivity (Wildman–Crippen MR) is 118 cm³/mol. The van der Waals surface area contributed by atoms with Crippen LogP contribution in [0.4, 0.5) is 5.69 Å². The Balaban J connectivity index is 1.67. The van der Waals surface area contributed by atoms with E-state index in [2.05, 4.69) is 6.07 Å². The first-order valence-corrected chi connectivity index (χ1v) is 10.0. The van der Waals surface area contributed by atoms with E-state index in [0.717, 1.165) is 27.4 Å². The van der Waals surface area contributed by atoms with Crippen molar-refractivity contribution in [2.45, 2.75) is 27.7 Å².